The van der Waals surface area contributed by atoms with Crippen molar-refractivity contribution >= 4 is 21.8 Å². The average Bonchev–Trinajstić information content (AvgIpc) is 2.80. The molecule has 3 aromatic rings. The van der Waals surface area contributed by atoms with Gasteiger partial charge in [-0.1, -0.05) is 54.6 Å². The molecule has 1 aliphatic rings. The second-order valence-corrected chi connectivity index (χ2v) is 8.70. The maximum absolute atomic E-state index is 12.9. The van der Waals surface area contributed by atoms with Gasteiger partial charge in [-0.3, -0.25) is 4.79 Å². The highest BCUT2D eigenvalue weighted by molar-refractivity contribution is 9.10. The average molecular weight is 464 g/mol. The summed E-state index contributed by atoms with van der Waals surface area (Å²) in [6.45, 7) is 2.15. The number of hydrogen-bond acceptors (Lipinski definition) is 2. The molecule has 0 radical (unpaired) electrons. The molecule has 1 fully saturated rings. The Kier molecular flexibility index (Phi) is 6.85. The van der Waals surface area contributed by atoms with Gasteiger partial charge in [0, 0.05) is 18.7 Å². The van der Waals surface area contributed by atoms with Crippen molar-refractivity contribution < 1.29 is 9.53 Å². The van der Waals surface area contributed by atoms with E-state index in [4.69, 9.17) is 4.74 Å². The van der Waals surface area contributed by atoms with Crippen LogP contribution in [0.25, 0.3) is 0 Å². The van der Waals surface area contributed by atoms with E-state index in [2.05, 4.69) is 46.3 Å². The Morgan fingerprint density at radius 1 is 0.867 bits per heavy atom. The molecule has 3 nitrogen and oxygen atoms in total. The van der Waals surface area contributed by atoms with Gasteiger partial charge in [0.2, 0.25) is 0 Å². The molecule has 0 N–H and O–H groups in total. The molecule has 3 aromatic carbocycles. The Morgan fingerprint density at radius 3 is 2.23 bits per heavy atom. The van der Waals surface area contributed by atoms with E-state index in [-0.39, 0.29) is 5.91 Å². The minimum Gasteiger partial charge on any atom is -0.488 e. The topological polar surface area (TPSA) is 29.5 Å². The molecule has 1 amide bonds. The van der Waals surface area contributed by atoms with Crippen molar-refractivity contribution in [2.24, 2.45) is 5.92 Å². The van der Waals surface area contributed by atoms with Gasteiger partial charge in [0.1, 0.15) is 12.4 Å². The molecule has 1 heterocycles. The van der Waals surface area contributed by atoms with Crippen molar-refractivity contribution in [1.29, 1.82) is 0 Å². The molecule has 0 atom stereocenters. The number of carbonyl (C=O) groups excluding carboxylic acids is 1. The second kappa shape index (κ2) is 9.94. The summed E-state index contributed by atoms with van der Waals surface area (Å²) in [5, 5.41) is 0. The zero-order chi connectivity index (χ0) is 20.8. The van der Waals surface area contributed by atoms with Crippen LogP contribution < -0.4 is 4.74 Å². The Morgan fingerprint density at radius 2 is 1.53 bits per heavy atom. The van der Waals surface area contributed by atoms with E-state index in [0.717, 1.165) is 53.7 Å². The van der Waals surface area contributed by atoms with Gasteiger partial charge < -0.3 is 9.64 Å². The van der Waals surface area contributed by atoms with Gasteiger partial charge in [0.05, 0.1) is 4.47 Å². The Balaban J connectivity index is 1.28. The van der Waals surface area contributed by atoms with Crippen LogP contribution in [0.2, 0.25) is 0 Å². The number of piperidine rings is 1. The van der Waals surface area contributed by atoms with E-state index >= 15 is 0 Å². The summed E-state index contributed by atoms with van der Waals surface area (Å²) >= 11 is 3.49. The third-order valence-corrected chi connectivity index (χ3v) is 6.36. The highest BCUT2D eigenvalue weighted by Gasteiger charge is 2.23. The summed E-state index contributed by atoms with van der Waals surface area (Å²) in [6, 6.07) is 26.2. The number of amides is 1. The summed E-state index contributed by atoms with van der Waals surface area (Å²) in [5.74, 6) is 1.61. The minimum atomic E-state index is 0.131. The number of likely N-dealkylation sites (tertiary alicyclic amines) is 1. The highest BCUT2D eigenvalue weighted by atomic mass is 79.9. The molecule has 0 bridgehead atoms. The molecular weight excluding hydrogens is 438 g/mol. The van der Waals surface area contributed by atoms with E-state index in [1.165, 1.54) is 5.56 Å². The predicted octanol–water partition coefficient (Wildman–Crippen LogP) is 6.12. The second-order valence-electron chi connectivity index (χ2n) is 7.84. The number of ether oxygens (including phenoxy) is 1. The number of nitrogens with zero attached hydrogens (tertiary/aromatic N) is 1. The van der Waals surface area contributed by atoms with Crippen molar-refractivity contribution in [1.82, 2.24) is 4.90 Å². The number of rotatable bonds is 6. The fourth-order valence-electron chi connectivity index (χ4n) is 3.94. The maximum Gasteiger partial charge on any atom is 0.253 e. The lowest BCUT2D eigenvalue weighted by Gasteiger charge is -2.32. The molecule has 0 aliphatic carbocycles. The van der Waals surface area contributed by atoms with Crippen LogP contribution in [0.15, 0.2) is 83.3 Å². The normalized spacial score (nSPS) is 14.5. The summed E-state index contributed by atoms with van der Waals surface area (Å²) in [6.07, 6.45) is 3.24. The van der Waals surface area contributed by atoms with Crippen LogP contribution in [-0.2, 0) is 13.0 Å². The van der Waals surface area contributed by atoms with Crippen LogP contribution in [0.5, 0.6) is 5.75 Å². The lowest BCUT2D eigenvalue weighted by molar-refractivity contribution is 0.0690. The lowest BCUT2D eigenvalue weighted by atomic mass is 9.90. The molecule has 4 heteroatoms. The molecule has 1 aliphatic heterocycles. The third kappa shape index (κ3) is 5.31. The Hall–Kier alpha value is -2.59. The molecule has 0 spiro atoms. The SMILES string of the molecule is O=C(c1ccc(COc2ccccc2Br)cc1)N1CCC(Cc2ccccc2)CC1. The molecule has 0 saturated carbocycles. The Bertz CT molecular complexity index is 964. The van der Waals surface area contributed by atoms with Crippen molar-refractivity contribution in [2.45, 2.75) is 25.9 Å². The summed E-state index contributed by atoms with van der Waals surface area (Å²) in [5.41, 5.74) is 3.19. The molecule has 1 saturated heterocycles. The lowest BCUT2D eigenvalue weighted by Crippen LogP contribution is -2.38. The highest BCUT2D eigenvalue weighted by Crippen LogP contribution is 2.25. The third-order valence-electron chi connectivity index (χ3n) is 5.70. The van der Waals surface area contributed by atoms with Gasteiger partial charge in [0.25, 0.3) is 5.91 Å². The Labute approximate surface area is 186 Å². The zero-order valence-electron chi connectivity index (χ0n) is 17.0. The molecule has 30 heavy (non-hydrogen) atoms. The minimum absolute atomic E-state index is 0.131. The van der Waals surface area contributed by atoms with Crippen molar-refractivity contribution in [3.63, 3.8) is 0 Å². The van der Waals surface area contributed by atoms with Gasteiger partial charge >= 0.3 is 0 Å². The molecular formula is C26H26BrNO2. The first kappa shape index (κ1) is 20.7. The summed E-state index contributed by atoms with van der Waals surface area (Å²) in [7, 11) is 0. The van der Waals surface area contributed by atoms with Crippen LogP contribution in [-0.4, -0.2) is 23.9 Å². The first-order valence-electron chi connectivity index (χ1n) is 10.5. The molecule has 0 unspecified atom stereocenters. The van der Waals surface area contributed by atoms with Crippen LogP contribution in [0.3, 0.4) is 0 Å². The fourth-order valence-corrected chi connectivity index (χ4v) is 4.34. The maximum atomic E-state index is 12.9. The summed E-state index contributed by atoms with van der Waals surface area (Å²) in [4.78, 5) is 14.9. The molecule has 154 valence electrons. The van der Waals surface area contributed by atoms with Crippen LogP contribution in [0.1, 0.15) is 34.3 Å². The fraction of sp³-hybridized carbons (Fsp3) is 0.269. The zero-order valence-corrected chi connectivity index (χ0v) is 18.6. The van der Waals surface area contributed by atoms with E-state index < -0.39 is 0 Å². The monoisotopic (exact) mass is 463 g/mol. The predicted molar refractivity (Wildman–Crippen MR) is 124 cm³/mol. The molecule has 0 aromatic heterocycles. The van der Waals surface area contributed by atoms with Gasteiger partial charge in [-0.25, -0.2) is 0 Å². The van der Waals surface area contributed by atoms with E-state index in [1.54, 1.807) is 0 Å². The number of hydrogen-bond donors (Lipinski definition) is 0. The number of benzene rings is 3. The van der Waals surface area contributed by atoms with Gasteiger partial charge in [0.15, 0.2) is 0 Å². The number of para-hydroxylation sites is 1. The van der Waals surface area contributed by atoms with Crippen molar-refractivity contribution in [3.05, 3.63) is 100 Å². The van der Waals surface area contributed by atoms with E-state index in [0.29, 0.717) is 12.5 Å². The van der Waals surface area contributed by atoms with Crippen molar-refractivity contribution in [2.75, 3.05) is 13.1 Å². The number of carbonyl (C=O) groups is 1. The van der Waals surface area contributed by atoms with Crippen LogP contribution >= 0.6 is 15.9 Å². The van der Waals surface area contributed by atoms with Gasteiger partial charge in [-0.05, 0) is 76.5 Å². The van der Waals surface area contributed by atoms with E-state index in [9.17, 15) is 4.79 Å². The number of halogens is 1. The quantitative estimate of drug-likeness (QED) is 0.440. The smallest absolute Gasteiger partial charge is 0.253 e. The van der Waals surface area contributed by atoms with Gasteiger partial charge in [-0.2, -0.15) is 0 Å². The summed E-state index contributed by atoms with van der Waals surface area (Å²) < 4.78 is 6.80. The van der Waals surface area contributed by atoms with Crippen LogP contribution in [0.4, 0.5) is 0 Å². The van der Waals surface area contributed by atoms with Gasteiger partial charge in [-0.15, -0.1) is 0 Å². The van der Waals surface area contributed by atoms with Crippen LogP contribution in [0, 0.1) is 5.92 Å². The first-order valence-corrected chi connectivity index (χ1v) is 11.3. The van der Waals surface area contributed by atoms with Crippen molar-refractivity contribution in [3.8, 4) is 5.75 Å². The molecule has 4 rings (SSSR count). The van der Waals surface area contributed by atoms with E-state index in [1.807, 2.05) is 53.4 Å². The standard InChI is InChI=1S/C26H26BrNO2/c27-24-8-4-5-9-25(24)30-19-22-10-12-23(13-11-22)26(29)28-16-14-21(15-17-28)18-20-6-2-1-3-7-20/h1-13,21H,14-19H2. The largest absolute Gasteiger partial charge is 0.488 e. The first-order chi connectivity index (χ1) is 14.7.